The fraction of sp³-hybridized carbons (Fsp3) is 0.182. The number of imide groups is 1. The fourth-order valence-corrected chi connectivity index (χ4v) is 2.38. The van der Waals surface area contributed by atoms with Gasteiger partial charge in [0.15, 0.2) is 0 Å². The molecule has 0 aromatic heterocycles. The molecule has 1 aliphatic rings. The molecule has 6 heteroatoms. The first-order valence-electron chi connectivity index (χ1n) is 4.88. The van der Waals surface area contributed by atoms with Gasteiger partial charge in [0.1, 0.15) is 0 Å². The summed E-state index contributed by atoms with van der Waals surface area (Å²) in [6, 6.07) is 6.07. The van der Waals surface area contributed by atoms with E-state index >= 15 is 0 Å². The molecular formula is C11H8NO4S-. The maximum atomic E-state index is 11.3. The summed E-state index contributed by atoms with van der Waals surface area (Å²) >= 11 is 0.951. The Morgan fingerprint density at radius 1 is 1.29 bits per heavy atom. The number of carboxylic acid groups (broad SMARTS) is 1. The number of aromatic carboxylic acids is 1. The molecule has 88 valence electrons. The number of hydrogen-bond donors (Lipinski definition) is 1. The second-order valence-corrected chi connectivity index (χ2v) is 4.75. The van der Waals surface area contributed by atoms with Crippen LogP contribution in [0.4, 0.5) is 4.79 Å². The molecule has 1 aromatic rings. The van der Waals surface area contributed by atoms with Gasteiger partial charge in [-0.2, -0.15) is 0 Å². The van der Waals surface area contributed by atoms with Gasteiger partial charge in [0.25, 0.3) is 5.24 Å². The number of carbonyl (C=O) groups is 3. The number of hydrogen-bond acceptors (Lipinski definition) is 5. The summed E-state index contributed by atoms with van der Waals surface area (Å²) in [5.74, 6) is -1.54. The molecule has 1 heterocycles. The molecule has 1 atom stereocenters. The first kappa shape index (κ1) is 11.7. The normalized spacial score (nSPS) is 19.2. The molecule has 0 spiro atoms. The van der Waals surface area contributed by atoms with Gasteiger partial charge in [-0.25, -0.2) is 0 Å². The van der Waals surface area contributed by atoms with Crippen LogP contribution in [0.5, 0.6) is 0 Å². The van der Waals surface area contributed by atoms with Gasteiger partial charge in [0.05, 0.1) is 11.2 Å². The van der Waals surface area contributed by atoms with E-state index < -0.39 is 11.2 Å². The van der Waals surface area contributed by atoms with Crippen LogP contribution in [0.15, 0.2) is 24.3 Å². The third-order valence-corrected chi connectivity index (χ3v) is 3.36. The lowest BCUT2D eigenvalue weighted by molar-refractivity contribution is -0.255. The van der Waals surface area contributed by atoms with Crippen molar-refractivity contribution in [3.05, 3.63) is 35.4 Å². The van der Waals surface area contributed by atoms with Gasteiger partial charge in [-0.05, 0) is 17.5 Å². The second kappa shape index (κ2) is 4.58. The van der Waals surface area contributed by atoms with Gasteiger partial charge < -0.3 is 9.90 Å². The van der Waals surface area contributed by atoms with Gasteiger partial charge >= 0.3 is 0 Å². The Hall–Kier alpha value is -1.82. The van der Waals surface area contributed by atoms with Gasteiger partial charge in [-0.1, -0.05) is 36.0 Å². The van der Waals surface area contributed by atoms with Gasteiger partial charge in [-0.3, -0.25) is 14.9 Å². The summed E-state index contributed by atoms with van der Waals surface area (Å²) in [6.45, 7) is 0. The lowest BCUT2D eigenvalue weighted by Crippen LogP contribution is -2.25. The summed E-state index contributed by atoms with van der Waals surface area (Å²) < 4.78 is 0. The molecule has 0 bridgehead atoms. The summed E-state index contributed by atoms with van der Waals surface area (Å²) in [7, 11) is 0. The van der Waals surface area contributed by atoms with Crippen LogP contribution in [0, 0.1) is 0 Å². The molecule has 5 nitrogen and oxygen atoms in total. The molecule has 0 radical (unpaired) electrons. The predicted molar refractivity (Wildman–Crippen MR) is 59.4 cm³/mol. The SMILES string of the molecule is O=C1NC(=O)[C@H](Cc2ccc(C(=O)[O-])cc2)S1. The third-order valence-electron chi connectivity index (χ3n) is 2.38. The van der Waals surface area contributed by atoms with Crippen LogP contribution < -0.4 is 10.4 Å². The number of nitrogens with one attached hydrogen (secondary N) is 1. The van der Waals surface area contributed by atoms with Crippen LogP contribution in [0.3, 0.4) is 0 Å². The first-order valence-corrected chi connectivity index (χ1v) is 5.76. The second-order valence-electron chi connectivity index (χ2n) is 3.57. The largest absolute Gasteiger partial charge is 0.545 e. The molecule has 1 aliphatic heterocycles. The van der Waals surface area contributed by atoms with Crippen LogP contribution in [0.1, 0.15) is 15.9 Å². The van der Waals surface area contributed by atoms with E-state index in [2.05, 4.69) is 5.32 Å². The highest BCUT2D eigenvalue weighted by molar-refractivity contribution is 8.15. The zero-order valence-electron chi connectivity index (χ0n) is 8.64. The molecule has 1 saturated heterocycles. The molecule has 0 unspecified atom stereocenters. The number of rotatable bonds is 3. The fourth-order valence-electron chi connectivity index (χ4n) is 1.52. The van der Waals surface area contributed by atoms with Crippen molar-refractivity contribution in [2.75, 3.05) is 0 Å². The smallest absolute Gasteiger partial charge is 0.286 e. The van der Waals surface area contributed by atoms with E-state index in [0.717, 1.165) is 17.3 Å². The highest BCUT2D eigenvalue weighted by Gasteiger charge is 2.31. The Labute approximate surface area is 101 Å². The van der Waals surface area contributed by atoms with Crippen molar-refractivity contribution >= 4 is 28.9 Å². The van der Waals surface area contributed by atoms with Crippen LogP contribution >= 0.6 is 11.8 Å². The third kappa shape index (κ3) is 2.65. The van der Waals surface area contributed by atoms with E-state index in [1.807, 2.05) is 0 Å². The molecule has 1 fully saturated rings. The molecule has 2 amide bonds. The van der Waals surface area contributed by atoms with E-state index in [0.29, 0.717) is 6.42 Å². The highest BCUT2D eigenvalue weighted by atomic mass is 32.2. The van der Waals surface area contributed by atoms with Crippen molar-refractivity contribution in [3.63, 3.8) is 0 Å². The topological polar surface area (TPSA) is 86.3 Å². The minimum Gasteiger partial charge on any atom is -0.545 e. The van der Waals surface area contributed by atoms with Crippen molar-refractivity contribution in [3.8, 4) is 0 Å². The van der Waals surface area contributed by atoms with Crippen molar-refractivity contribution in [2.45, 2.75) is 11.7 Å². The summed E-state index contributed by atoms with van der Waals surface area (Å²) in [5, 5.41) is 12.0. The van der Waals surface area contributed by atoms with Crippen molar-refractivity contribution in [1.82, 2.24) is 5.32 Å². The Morgan fingerprint density at radius 2 is 1.94 bits per heavy atom. The standard InChI is InChI=1S/C11H9NO4S/c13-9-8(17-11(16)12-9)5-6-1-3-7(4-2-6)10(14)15/h1-4,8H,5H2,(H,14,15)(H,12,13,16)/p-1/t8-/m0/s1. The van der Waals surface area contributed by atoms with Crippen LogP contribution in [0.2, 0.25) is 0 Å². The number of carbonyl (C=O) groups excluding carboxylic acids is 3. The maximum Gasteiger partial charge on any atom is 0.286 e. The molecule has 0 saturated carbocycles. The van der Waals surface area contributed by atoms with E-state index in [4.69, 9.17) is 0 Å². The molecule has 2 rings (SSSR count). The van der Waals surface area contributed by atoms with Crippen LogP contribution in [-0.4, -0.2) is 22.4 Å². The summed E-state index contributed by atoms with van der Waals surface area (Å²) in [4.78, 5) is 32.8. The minimum absolute atomic E-state index is 0.0911. The van der Waals surface area contributed by atoms with E-state index in [9.17, 15) is 19.5 Å². The quantitative estimate of drug-likeness (QED) is 0.812. The molecular weight excluding hydrogens is 242 g/mol. The Morgan fingerprint density at radius 3 is 2.41 bits per heavy atom. The number of amides is 2. The number of carboxylic acids is 1. The van der Waals surface area contributed by atoms with E-state index in [1.165, 1.54) is 12.1 Å². The van der Waals surface area contributed by atoms with Crippen LogP contribution in [0.25, 0.3) is 0 Å². The Balaban J connectivity index is 2.07. The average Bonchev–Trinajstić information content (AvgIpc) is 2.58. The summed E-state index contributed by atoms with van der Waals surface area (Å²) in [5.41, 5.74) is 0.894. The Bertz CT molecular complexity index is 483. The van der Waals surface area contributed by atoms with E-state index in [-0.39, 0.29) is 16.7 Å². The predicted octanol–water partition coefficient (Wildman–Crippen LogP) is -0.0558. The monoisotopic (exact) mass is 250 g/mol. The number of benzene rings is 1. The first-order chi connectivity index (χ1) is 8.06. The number of thioether (sulfide) groups is 1. The van der Waals surface area contributed by atoms with Crippen molar-refractivity contribution < 1.29 is 19.5 Å². The zero-order valence-corrected chi connectivity index (χ0v) is 9.45. The summed E-state index contributed by atoms with van der Waals surface area (Å²) in [6.07, 6.45) is 0.398. The average molecular weight is 250 g/mol. The van der Waals surface area contributed by atoms with Crippen LogP contribution in [-0.2, 0) is 11.2 Å². The highest BCUT2D eigenvalue weighted by Crippen LogP contribution is 2.22. The molecule has 1 N–H and O–H groups in total. The molecule has 17 heavy (non-hydrogen) atoms. The molecule has 1 aromatic carbocycles. The van der Waals surface area contributed by atoms with Gasteiger partial charge in [-0.15, -0.1) is 0 Å². The zero-order chi connectivity index (χ0) is 12.4. The lowest BCUT2D eigenvalue weighted by atomic mass is 10.1. The molecule has 0 aliphatic carbocycles. The van der Waals surface area contributed by atoms with Gasteiger partial charge in [0.2, 0.25) is 5.91 Å². The van der Waals surface area contributed by atoms with Crippen molar-refractivity contribution in [2.24, 2.45) is 0 Å². The Kier molecular flexibility index (Phi) is 3.14. The van der Waals surface area contributed by atoms with E-state index in [1.54, 1.807) is 12.1 Å². The minimum atomic E-state index is -1.24. The van der Waals surface area contributed by atoms with Gasteiger partial charge in [0, 0.05) is 0 Å². The lowest BCUT2D eigenvalue weighted by Gasteiger charge is -2.07. The van der Waals surface area contributed by atoms with Crippen molar-refractivity contribution in [1.29, 1.82) is 0 Å². The maximum absolute atomic E-state index is 11.3.